The van der Waals surface area contributed by atoms with E-state index in [-0.39, 0.29) is 23.8 Å². The fourth-order valence-electron chi connectivity index (χ4n) is 3.26. The molecule has 10 heteroatoms. The molecule has 2 aromatic rings. The van der Waals surface area contributed by atoms with Gasteiger partial charge < -0.3 is 15.0 Å². The van der Waals surface area contributed by atoms with Gasteiger partial charge in [-0.05, 0) is 55.8 Å². The summed E-state index contributed by atoms with van der Waals surface area (Å²) in [5, 5.41) is 0.881. The molecule has 0 saturated carbocycles. The van der Waals surface area contributed by atoms with Crippen molar-refractivity contribution in [3.05, 3.63) is 53.8 Å². The summed E-state index contributed by atoms with van der Waals surface area (Å²) >= 11 is 0. The van der Waals surface area contributed by atoms with E-state index in [9.17, 15) is 27.2 Å². The van der Waals surface area contributed by atoms with Gasteiger partial charge in [0.1, 0.15) is 22.6 Å². The third kappa shape index (κ3) is 5.13. The maximum atomic E-state index is 13.0. The molecule has 0 spiro atoms. The van der Waals surface area contributed by atoms with E-state index in [1.54, 1.807) is 0 Å². The van der Waals surface area contributed by atoms with Crippen LogP contribution in [-0.4, -0.2) is 50.2 Å². The number of hydrogen-bond acceptors (Lipinski definition) is 6. The summed E-state index contributed by atoms with van der Waals surface area (Å²) in [5.41, 5.74) is 0.742. The summed E-state index contributed by atoms with van der Waals surface area (Å²) in [4.78, 5) is 38.7. The summed E-state index contributed by atoms with van der Waals surface area (Å²) in [5.74, 6) is -2.76. The van der Waals surface area contributed by atoms with Gasteiger partial charge in [0.05, 0.1) is 5.69 Å². The van der Waals surface area contributed by atoms with Crippen LogP contribution in [0.1, 0.15) is 30.6 Å². The maximum absolute atomic E-state index is 13.0. The Hall–Kier alpha value is -3.27. The third-order valence-electron chi connectivity index (χ3n) is 5.00. The van der Waals surface area contributed by atoms with Crippen molar-refractivity contribution in [3.63, 3.8) is 0 Å². The van der Waals surface area contributed by atoms with Crippen molar-refractivity contribution >= 4 is 38.8 Å². The van der Waals surface area contributed by atoms with Gasteiger partial charge in [0.2, 0.25) is 5.91 Å². The molecular weight excluding hydrogens is 439 g/mol. The van der Waals surface area contributed by atoms with Crippen LogP contribution < -0.4 is 15.0 Å². The van der Waals surface area contributed by atoms with Crippen LogP contribution in [0.3, 0.4) is 0 Å². The number of nitrogens with one attached hydrogen (secondary N) is 1. The van der Waals surface area contributed by atoms with Gasteiger partial charge in [-0.2, -0.15) is 0 Å². The number of carbonyl (C=O) groups excluding carboxylic acids is 3. The van der Waals surface area contributed by atoms with E-state index in [1.165, 1.54) is 42.2 Å². The van der Waals surface area contributed by atoms with E-state index in [2.05, 4.69) is 5.32 Å². The number of halogens is 1. The van der Waals surface area contributed by atoms with Crippen molar-refractivity contribution in [2.75, 3.05) is 29.1 Å². The number of hydrogen-bond donors (Lipinski definition) is 1. The lowest BCUT2D eigenvalue weighted by Gasteiger charge is -2.29. The predicted octanol–water partition coefficient (Wildman–Crippen LogP) is 2.59. The zero-order chi connectivity index (χ0) is 23.5. The Kier molecular flexibility index (Phi) is 6.93. The molecular formula is C22H23FN2O6S. The number of ether oxygens (including phenoxy) is 1. The minimum atomic E-state index is -4.14. The highest BCUT2D eigenvalue weighted by Crippen LogP contribution is 2.33. The van der Waals surface area contributed by atoms with Crippen LogP contribution in [-0.2, 0) is 19.4 Å². The van der Waals surface area contributed by atoms with Crippen LogP contribution in [0.5, 0.6) is 5.75 Å². The van der Waals surface area contributed by atoms with Gasteiger partial charge in [-0.1, -0.05) is 6.92 Å². The molecule has 0 fully saturated rings. The molecule has 0 radical (unpaired) electrons. The number of fused-ring (bicyclic) bond motifs is 1. The molecule has 32 heavy (non-hydrogen) atoms. The fourth-order valence-corrected chi connectivity index (χ4v) is 4.41. The Bertz CT molecular complexity index is 1150. The Morgan fingerprint density at radius 2 is 1.88 bits per heavy atom. The summed E-state index contributed by atoms with van der Waals surface area (Å²) in [6.07, 6.45) is 0.692. The summed E-state index contributed by atoms with van der Waals surface area (Å²) in [7, 11) is -4.14. The van der Waals surface area contributed by atoms with Crippen LogP contribution in [0, 0.1) is 5.82 Å². The van der Waals surface area contributed by atoms with Crippen LogP contribution in [0.15, 0.2) is 42.5 Å². The van der Waals surface area contributed by atoms with Crippen LogP contribution in [0.2, 0.25) is 0 Å². The van der Waals surface area contributed by atoms with E-state index < -0.39 is 38.3 Å². The van der Waals surface area contributed by atoms with Crippen molar-refractivity contribution in [3.8, 4) is 5.75 Å². The van der Waals surface area contributed by atoms with Crippen molar-refractivity contribution < 1.29 is 31.9 Å². The van der Waals surface area contributed by atoms with Crippen LogP contribution in [0.4, 0.5) is 15.8 Å². The SMILES string of the molecule is CCCN1C(=O)COc2ccc(C(=O)C(C)S(=O)(=O)CC(=O)Nc3ccc(F)cc3)cc21. The van der Waals surface area contributed by atoms with Gasteiger partial charge in [-0.25, -0.2) is 12.8 Å². The maximum Gasteiger partial charge on any atom is 0.265 e. The van der Waals surface area contributed by atoms with Crippen molar-refractivity contribution in [1.82, 2.24) is 0 Å². The average Bonchev–Trinajstić information content (AvgIpc) is 2.75. The Labute approximate surface area is 185 Å². The first-order valence-electron chi connectivity index (χ1n) is 10.0. The lowest BCUT2D eigenvalue weighted by atomic mass is 10.1. The minimum absolute atomic E-state index is 0.0955. The number of anilines is 2. The molecule has 1 atom stereocenters. The molecule has 170 valence electrons. The number of carbonyl (C=O) groups is 3. The number of nitrogens with zero attached hydrogens (tertiary/aromatic N) is 1. The normalized spacial score (nSPS) is 14.3. The van der Waals surface area contributed by atoms with Gasteiger partial charge in [0.25, 0.3) is 5.91 Å². The number of rotatable bonds is 8. The minimum Gasteiger partial charge on any atom is -0.482 e. The van der Waals surface area contributed by atoms with Crippen molar-refractivity contribution in [2.45, 2.75) is 25.5 Å². The smallest absolute Gasteiger partial charge is 0.265 e. The van der Waals surface area contributed by atoms with Gasteiger partial charge in [-0.3, -0.25) is 14.4 Å². The third-order valence-corrected chi connectivity index (χ3v) is 6.96. The second kappa shape index (κ2) is 9.47. The lowest BCUT2D eigenvalue weighted by Crippen LogP contribution is -2.39. The molecule has 3 rings (SSSR count). The number of ketones is 1. The van der Waals surface area contributed by atoms with Gasteiger partial charge in [0, 0.05) is 17.8 Å². The summed E-state index contributed by atoms with van der Waals surface area (Å²) in [6, 6.07) is 9.25. The second-order valence-electron chi connectivity index (χ2n) is 7.39. The first-order chi connectivity index (χ1) is 15.1. The predicted molar refractivity (Wildman–Crippen MR) is 117 cm³/mol. The lowest BCUT2D eigenvalue weighted by molar-refractivity contribution is -0.121. The molecule has 1 aliphatic heterocycles. The molecule has 1 aliphatic rings. The number of amides is 2. The van der Waals surface area contributed by atoms with E-state index in [0.717, 1.165) is 12.1 Å². The molecule has 0 saturated heterocycles. The first kappa shape index (κ1) is 23.4. The second-order valence-corrected chi connectivity index (χ2v) is 9.71. The zero-order valence-corrected chi connectivity index (χ0v) is 18.4. The highest BCUT2D eigenvalue weighted by Gasteiger charge is 2.32. The molecule has 0 bridgehead atoms. The molecule has 1 N–H and O–H groups in total. The first-order valence-corrected chi connectivity index (χ1v) is 11.7. The quantitative estimate of drug-likeness (QED) is 0.604. The largest absolute Gasteiger partial charge is 0.482 e. The Morgan fingerprint density at radius 3 is 2.53 bits per heavy atom. The monoisotopic (exact) mass is 462 g/mol. The highest BCUT2D eigenvalue weighted by molar-refractivity contribution is 7.93. The zero-order valence-electron chi connectivity index (χ0n) is 17.6. The molecule has 0 aromatic heterocycles. The van der Waals surface area contributed by atoms with Gasteiger partial charge in [-0.15, -0.1) is 0 Å². The Morgan fingerprint density at radius 1 is 1.19 bits per heavy atom. The van der Waals surface area contributed by atoms with Crippen LogP contribution >= 0.6 is 0 Å². The van der Waals surface area contributed by atoms with Crippen molar-refractivity contribution in [1.29, 1.82) is 0 Å². The van der Waals surface area contributed by atoms with E-state index in [0.29, 0.717) is 24.4 Å². The number of sulfone groups is 1. The standard InChI is InChI=1S/C22H23FN2O6S/c1-3-10-25-18-11-15(4-9-19(18)31-12-21(25)27)22(28)14(2)32(29,30)13-20(26)24-17-7-5-16(23)6-8-17/h4-9,11,14H,3,10,12-13H2,1-2H3,(H,24,26). The Balaban J connectivity index is 1.76. The van der Waals surface area contributed by atoms with Gasteiger partial charge in [0.15, 0.2) is 22.2 Å². The molecule has 2 amide bonds. The topological polar surface area (TPSA) is 110 Å². The molecule has 0 aliphatic carbocycles. The van der Waals surface area contributed by atoms with E-state index in [1.807, 2.05) is 6.92 Å². The molecule has 1 unspecified atom stereocenters. The molecule has 1 heterocycles. The van der Waals surface area contributed by atoms with Gasteiger partial charge >= 0.3 is 0 Å². The fraction of sp³-hybridized carbons (Fsp3) is 0.318. The number of benzene rings is 2. The van der Waals surface area contributed by atoms with E-state index >= 15 is 0 Å². The average molecular weight is 462 g/mol. The molecule has 2 aromatic carbocycles. The van der Waals surface area contributed by atoms with Crippen LogP contribution in [0.25, 0.3) is 0 Å². The summed E-state index contributed by atoms with van der Waals surface area (Å²) in [6.45, 7) is 3.45. The number of Topliss-reactive ketones (excluding diaryl/α,β-unsaturated/α-hetero) is 1. The molecule has 8 nitrogen and oxygen atoms in total. The van der Waals surface area contributed by atoms with Crippen molar-refractivity contribution in [2.24, 2.45) is 0 Å². The van der Waals surface area contributed by atoms with E-state index in [4.69, 9.17) is 4.74 Å². The summed E-state index contributed by atoms with van der Waals surface area (Å²) < 4.78 is 43.7. The highest BCUT2D eigenvalue weighted by atomic mass is 32.2.